The predicted molar refractivity (Wildman–Crippen MR) is 99.4 cm³/mol. The molecule has 0 unspecified atom stereocenters. The molecule has 0 saturated carbocycles. The van der Waals surface area contributed by atoms with Crippen molar-refractivity contribution in [1.82, 2.24) is 19.8 Å². The van der Waals surface area contributed by atoms with Gasteiger partial charge < -0.3 is 14.7 Å². The minimum atomic E-state index is -0.335. The molecular weight excluding hydrogens is 314 g/mol. The Hall–Kier alpha value is -1.69. The van der Waals surface area contributed by atoms with Gasteiger partial charge >= 0.3 is 0 Å². The van der Waals surface area contributed by atoms with Crippen LogP contribution in [0.4, 0.5) is 5.95 Å². The average molecular weight is 345 g/mol. The van der Waals surface area contributed by atoms with Gasteiger partial charge in [0.05, 0.1) is 11.5 Å². The lowest BCUT2D eigenvalue weighted by molar-refractivity contribution is -0.140. The molecule has 1 aromatic rings. The summed E-state index contributed by atoms with van der Waals surface area (Å²) in [7, 11) is 3.76. The van der Waals surface area contributed by atoms with Crippen LogP contribution in [0.5, 0.6) is 0 Å². The van der Waals surface area contributed by atoms with Gasteiger partial charge in [-0.2, -0.15) is 0 Å². The van der Waals surface area contributed by atoms with Crippen molar-refractivity contribution in [2.45, 2.75) is 39.2 Å². The molecule has 0 aliphatic carbocycles. The molecule has 2 fully saturated rings. The van der Waals surface area contributed by atoms with E-state index in [2.05, 4.69) is 33.6 Å². The summed E-state index contributed by atoms with van der Waals surface area (Å²) in [6.07, 6.45) is 6.71. The van der Waals surface area contributed by atoms with E-state index in [1.807, 2.05) is 20.2 Å². The topological polar surface area (TPSA) is 52.6 Å². The summed E-state index contributed by atoms with van der Waals surface area (Å²) in [6, 6.07) is 2.00. The van der Waals surface area contributed by atoms with Gasteiger partial charge in [-0.1, -0.05) is 13.8 Å². The van der Waals surface area contributed by atoms with E-state index in [0.29, 0.717) is 5.92 Å². The Morgan fingerprint density at radius 2 is 2.08 bits per heavy atom. The fraction of sp³-hybridized carbons (Fsp3) is 0.737. The number of piperidine rings is 1. The Bertz CT molecular complexity index is 591. The molecule has 0 bridgehead atoms. The van der Waals surface area contributed by atoms with Crippen molar-refractivity contribution in [2.75, 3.05) is 45.2 Å². The number of rotatable bonds is 5. The largest absolute Gasteiger partial charge is 0.348 e. The first kappa shape index (κ1) is 18.1. The Morgan fingerprint density at radius 1 is 1.36 bits per heavy atom. The monoisotopic (exact) mass is 345 g/mol. The van der Waals surface area contributed by atoms with Crippen molar-refractivity contribution in [3.8, 4) is 0 Å². The van der Waals surface area contributed by atoms with E-state index in [1.54, 1.807) is 17.3 Å². The van der Waals surface area contributed by atoms with Crippen LogP contribution in [-0.4, -0.2) is 72.0 Å². The van der Waals surface area contributed by atoms with Gasteiger partial charge in [0.1, 0.15) is 0 Å². The van der Waals surface area contributed by atoms with Gasteiger partial charge in [-0.15, -0.1) is 0 Å². The van der Waals surface area contributed by atoms with E-state index < -0.39 is 0 Å². The van der Waals surface area contributed by atoms with Crippen LogP contribution in [0, 0.1) is 11.3 Å². The standard InChI is InChI=1S/C19H31N5O/c1-15(2)7-12-23-13-16-19(14-23,17(25)22(3)4)8-5-11-24(16)18-20-9-6-10-21-18/h6,9-10,15-16H,5,7-8,11-14H2,1-4H3/t16-,19-/m1/s1. The number of carbonyl (C=O) groups excluding carboxylic acids is 1. The van der Waals surface area contributed by atoms with Crippen LogP contribution in [0.1, 0.15) is 33.1 Å². The molecule has 2 aliphatic heterocycles. The third-order valence-corrected chi connectivity index (χ3v) is 5.64. The quantitative estimate of drug-likeness (QED) is 0.816. The van der Waals surface area contributed by atoms with Crippen LogP contribution in [0.25, 0.3) is 0 Å². The molecule has 6 heteroatoms. The zero-order valence-electron chi connectivity index (χ0n) is 16.0. The first-order chi connectivity index (χ1) is 11.9. The molecule has 0 aromatic carbocycles. The van der Waals surface area contributed by atoms with Crippen molar-refractivity contribution in [3.05, 3.63) is 18.5 Å². The number of aromatic nitrogens is 2. The van der Waals surface area contributed by atoms with E-state index in [9.17, 15) is 4.79 Å². The second-order valence-electron chi connectivity index (χ2n) is 8.13. The molecular formula is C19H31N5O. The Kier molecular flexibility index (Phi) is 5.27. The highest BCUT2D eigenvalue weighted by Crippen LogP contribution is 2.44. The normalized spacial score (nSPS) is 26.8. The highest BCUT2D eigenvalue weighted by atomic mass is 16.2. The fourth-order valence-electron chi connectivity index (χ4n) is 4.40. The second kappa shape index (κ2) is 7.28. The zero-order valence-corrected chi connectivity index (χ0v) is 16.0. The number of likely N-dealkylation sites (tertiary alicyclic amines) is 1. The van der Waals surface area contributed by atoms with Crippen LogP contribution in [0.15, 0.2) is 18.5 Å². The fourth-order valence-corrected chi connectivity index (χ4v) is 4.40. The van der Waals surface area contributed by atoms with Crippen molar-refractivity contribution in [1.29, 1.82) is 0 Å². The zero-order chi connectivity index (χ0) is 18.0. The van der Waals surface area contributed by atoms with Gasteiger partial charge in [-0.25, -0.2) is 9.97 Å². The molecule has 2 saturated heterocycles. The van der Waals surface area contributed by atoms with Crippen LogP contribution < -0.4 is 4.90 Å². The van der Waals surface area contributed by atoms with Crippen molar-refractivity contribution < 1.29 is 4.79 Å². The van der Waals surface area contributed by atoms with Crippen molar-refractivity contribution >= 4 is 11.9 Å². The van der Waals surface area contributed by atoms with Gasteiger partial charge in [-0.05, 0) is 37.8 Å². The number of nitrogens with zero attached hydrogens (tertiary/aromatic N) is 5. The summed E-state index contributed by atoms with van der Waals surface area (Å²) in [5.41, 5.74) is -0.335. The molecule has 3 heterocycles. The SMILES string of the molecule is CC(C)CCN1C[C@H]2N(c3ncccn3)CCC[C@@]2(C(=O)N(C)C)C1. The minimum Gasteiger partial charge on any atom is -0.348 e. The highest BCUT2D eigenvalue weighted by Gasteiger charge is 2.56. The third-order valence-electron chi connectivity index (χ3n) is 5.64. The van der Waals surface area contributed by atoms with Gasteiger partial charge in [0.15, 0.2) is 0 Å². The summed E-state index contributed by atoms with van der Waals surface area (Å²) >= 11 is 0. The van der Waals surface area contributed by atoms with Gasteiger partial charge in [0.25, 0.3) is 0 Å². The summed E-state index contributed by atoms with van der Waals surface area (Å²) < 4.78 is 0. The second-order valence-corrected chi connectivity index (χ2v) is 8.13. The number of anilines is 1. The van der Waals surface area contributed by atoms with Crippen LogP contribution in [-0.2, 0) is 4.79 Å². The van der Waals surface area contributed by atoms with Crippen LogP contribution in [0.3, 0.4) is 0 Å². The maximum atomic E-state index is 13.2. The molecule has 0 radical (unpaired) electrons. The van der Waals surface area contributed by atoms with Crippen molar-refractivity contribution in [2.24, 2.45) is 11.3 Å². The molecule has 25 heavy (non-hydrogen) atoms. The van der Waals surface area contributed by atoms with E-state index >= 15 is 0 Å². The Labute approximate surface area is 151 Å². The van der Waals surface area contributed by atoms with Crippen molar-refractivity contribution in [3.63, 3.8) is 0 Å². The smallest absolute Gasteiger partial charge is 0.231 e. The molecule has 1 aromatic heterocycles. The number of carbonyl (C=O) groups is 1. The average Bonchev–Trinajstić information content (AvgIpc) is 2.99. The summed E-state index contributed by atoms with van der Waals surface area (Å²) in [5, 5.41) is 0. The number of amides is 1. The maximum absolute atomic E-state index is 13.2. The lowest BCUT2D eigenvalue weighted by atomic mass is 9.74. The van der Waals surface area contributed by atoms with Crippen LogP contribution in [0.2, 0.25) is 0 Å². The van der Waals surface area contributed by atoms with Gasteiger partial charge in [0.2, 0.25) is 11.9 Å². The summed E-state index contributed by atoms with van der Waals surface area (Å²) in [5.74, 6) is 1.69. The summed E-state index contributed by atoms with van der Waals surface area (Å²) in [6.45, 7) is 8.27. The van der Waals surface area contributed by atoms with E-state index in [0.717, 1.165) is 45.0 Å². The minimum absolute atomic E-state index is 0.158. The molecule has 138 valence electrons. The Balaban J connectivity index is 1.90. The van der Waals surface area contributed by atoms with E-state index in [1.165, 1.54) is 6.42 Å². The molecule has 2 atom stereocenters. The molecule has 3 rings (SSSR count). The molecule has 1 amide bonds. The number of hydrogen-bond acceptors (Lipinski definition) is 5. The van der Waals surface area contributed by atoms with Gasteiger partial charge in [0, 0.05) is 46.1 Å². The molecule has 0 N–H and O–H groups in total. The molecule has 0 spiro atoms. The lowest BCUT2D eigenvalue weighted by Crippen LogP contribution is -2.58. The molecule has 6 nitrogen and oxygen atoms in total. The highest BCUT2D eigenvalue weighted by molar-refractivity contribution is 5.85. The number of hydrogen-bond donors (Lipinski definition) is 0. The van der Waals surface area contributed by atoms with Crippen LogP contribution >= 0.6 is 0 Å². The first-order valence-corrected chi connectivity index (χ1v) is 9.42. The maximum Gasteiger partial charge on any atom is 0.231 e. The van der Waals surface area contributed by atoms with E-state index in [4.69, 9.17) is 0 Å². The molecule has 2 aliphatic rings. The van der Waals surface area contributed by atoms with Gasteiger partial charge in [-0.3, -0.25) is 4.79 Å². The van der Waals surface area contributed by atoms with E-state index in [-0.39, 0.29) is 17.4 Å². The lowest BCUT2D eigenvalue weighted by Gasteiger charge is -2.45. The predicted octanol–water partition coefficient (Wildman–Crippen LogP) is 1.88. The number of fused-ring (bicyclic) bond motifs is 1. The third kappa shape index (κ3) is 3.50. The Morgan fingerprint density at radius 3 is 2.72 bits per heavy atom. The first-order valence-electron chi connectivity index (χ1n) is 9.42. The summed E-state index contributed by atoms with van der Waals surface area (Å²) in [4.78, 5) is 28.7.